The number of hydrogen-bond donors (Lipinski definition) is 2. The van der Waals surface area contributed by atoms with Gasteiger partial charge in [0.2, 0.25) is 0 Å². The van der Waals surface area contributed by atoms with Crippen molar-refractivity contribution >= 4 is 22.0 Å². The van der Waals surface area contributed by atoms with E-state index in [0.29, 0.717) is 13.0 Å². The molecule has 1 atom stereocenters. The molecule has 1 heterocycles. The molecule has 2 aromatic carbocycles. The summed E-state index contributed by atoms with van der Waals surface area (Å²) in [5, 5.41) is 5.52. The summed E-state index contributed by atoms with van der Waals surface area (Å²) in [6, 6.07) is 8.81. The fourth-order valence-corrected chi connectivity index (χ4v) is 3.18. The molecule has 4 nitrogen and oxygen atoms in total. The van der Waals surface area contributed by atoms with Crippen molar-refractivity contribution in [3.63, 3.8) is 0 Å². The smallest absolute Gasteiger partial charge is 0.315 e. The van der Waals surface area contributed by atoms with Crippen LogP contribution in [0, 0.1) is 11.6 Å². The number of ether oxygens (including phenoxy) is 1. The predicted octanol–water partition coefficient (Wildman–Crippen LogP) is 4.09. The van der Waals surface area contributed by atoms with Crippen LogP contribution >= 0.6 is 15.9 Å². The largest absolute Gasteiger partial charge is 0.493 e. The van der Waals surface area contributed by atoms with Crippen LogP contribution in [0.4, 0.5) is 13.6 Å². The van der Waals surface area contributed by atoms with E-state index >= 15 is 0 Å². The van der Waals surface area contributed by atoms with Crippen LogP contribution in [0.3, 0.4) is 0 Å². The van der Waals surface area contributed by atoms with Gasteiger partial charge in [-0.05, 0) is 36.8 Å². The highest BCUT2D eigenvalue weighted by atomic mass is 79.9. The van der Waals surface area contributed by atoms with Gasteiger partial charge in [0, 0.05) is 28.6 Å². The lowest BCUT2D eigenvalue weighted by Gasteiger charge is -2.27. The van der Waals surface area contributed by atoms with Crippen molar-refractivity contribution in [1.29, 1.82) is 0 Å². The Morgan fingerprint density at radius 2 is 2.00 bits per heavy atom. The van der Waals surface area contributed by atoms with Gasteiger partial charge in [-0.25, -0.2) is 13.6 Å². The van der Waals surface area contributed by atoms with Crippen LogP contribution in [0.15, 0.2) is 40.9 Å². The van der Waals surface area contributed by atoms with Crippen LogP contribution in [0.5, 0.6) is 5.75 Å². The van der Waals surface area contributed by atoms with Gasteiger partial charge >= 0.3 is 6.03 Å². The van der Waals surface area contributed by atoms with Gasteiger partial charge in [-0.2, -0.15) is 0 Å². The number of halogens is 3. The maximum absolute atomic E-state index is 13.6. The highest BCUT2D eigenvalue weighted by molar-refractivity contribution is 9.10. The third kappa shape index (κ3) is 4.28. The normalized spacial score (nSPS) is 15.9. The van der Waals surface area contributed by atoms with Gasteiger partial charge in [0.25, 0.3) is 0 Å². The Hall–Kier alpha value is -2.15. The third-order valence-electron chi connectivity index (χ3n) is 4.04. The minimum absolute atomic E-state index is 0.0249. The van der Waals surface area contributed by atoms with Crippen LogP contribution in [0.1, 0.15) is 23.6 Å². The number of fused-ring (bicyclic) bond motifs is 1. The van der Waals surface area contributed by atoms with Crippen molar-refractivity contribution in [3.05, 3.63) is 63.6 Å². The lowest BCUT2D eigenvalue weighted by molar-refractivity contribution is 0.223. The second-order valence-corrected chi connectivity index (χ2v) is 6.64. The van der Waals surface area contributed by atoms with Crippen LogP contribution in [0.2, 0.25) is 0 Å². The van der Waals surface area contributed by atoms with E-state index in [1.165, 1.54) is 18.2 Å². The summed E-state index contributed by atoms with van der Waals surface area (Å²) in [5.41, 5.74) is 0.874. The summed E-state index contributed by atoms with van der Waals surface area (Å²) < 4.78 is 33.6. The Labute approximate surface area is 152 Å². The number of carbonyl (C=O) groups excluding carboxylic acids is 1. The molecule has 0 saturated carbocycles. The molecular formula is C18H17BrF2N2O2. The molecule has 1 aliphatic rings. The van der Waals surface area contributed by atoms with Crippen molar-refractivity contribution < 1.29 is 18.3 Å². The number of carbonyl (C=O) groups is 1. The van der Waals surface area contributed by atoms with Gasteiger partial charge < -0.3 is 15.4 Å². The zero-order chi connectivity index (χ0) is 17.8. The summed E-state index contributed by atoms with van der Waals surface area (Å²) in [6.45, 7) is 0.651. The van der Waals surface area contributed by atoms with E-state index in [0.717, 1.165) is 15.8 Å². The molecule has 0 bridgehead atoms. The Kier molecular flexibility index (Phi) is 5.53. The van der Waals surface area contributed by atoms with Crippen molar-refractivity contribution in [2.45, 2.75) is 18.9 Å². The van der Waals surface area contributed by atoms with Crippen LogP contribution in [-0.4, -0.2) is 19.2 Å². The minimum Gasteiger partial charge on any atom is -0.493 e. The molecule has 2 amide bonds. The molecule has 1 unspecified atom stereocenters. The molecule has 2 N–H and O–H groups in total. The summed E-state index contributed by atoms with van der Waals surface area (Å²) in [5.74, 6) is -0.469. The number of urea groups is 1. The molecule has 0 fully saturated rings. The molecule has 0 aliphatic carbocycles. The fraction of sp³-hybridized carbons (Fsp3) is 0.278. The average Bonchev–Trinajstić information content (AvgIpc) is 2.58. The third-order valence-corrected chi connectivity index (χ3v) is 4.53. The maximum Gasteiger partial charge on any atom is 0.315 e. The molecule has 3 rings (SSSR count). The zero-order valence-corrected chi connectivity index (χ0v) is 14.9. The molecule has 2 aromatic rings. The summed E-state index contributed by atoms with van der Waals surface area (Å²) in [7, 11) is 0. The van der Waals surface area contributed by atoms with E-state index < -0.39 is 11.6 Å². The maximum atomic E-state index is 13.6. The number of rotatable bonds is 4. The van der Waals surface area contributed by atoms with E-state index in [4.69, 9.17) is 4.74 Å². The molecule has 0 saturated heterocycles. The summed E-state index contributed by atoms with van der Waals surface area (Å²) in [6.07, 6.45) is 0.737. The van der Waals surface area contributed by atoms with Crippen molar-refractivity contribution in [3.8, 4) is 5.75 Å². The lowest BCUT2D eigenvalue weighted by atomic mass is 10.0. The van der Waals surface area contributed by atoms with Gasteiger partial charge in [0.1, 0.15) is 17.4 Å². The molecule has 7 heteroatoms. The minimum atomic E-state index is -0.606. The first kappa shape index (κ1) is 17.7. The van der Waals surface area contributed by atoms with E-state index in [2.05, 4.69) is 26.6 Å². The van der Waals surface area contributed by atoms with E-state index in [9.17, 15) is 13.6 Å². The quantitative estimate of drug-likeness (QED) is 0.797. The van der Waals surface area contributed by atoms with Crippen LogP contribution in [0.25, 0.3) is 0 Å². The first-order chi connectivity index (χ1) is 12.0. The lowest BCUT2D eigenvalue weighted by Crippen LogP contribution is -2.40. The number of hydrogen-bond acceptors (Lipinski definition) is 2. The molecule has 0 aromatic heterocycles. The second kappa shape index (κ2) is 7.82. The fourth-order valence-electron chi connectivity index (χ4n) is 2.80. The molecular weight excluding hydrogens is 394 g/mol. The number of amides is 2. The average molecular weight is 411 g/mol. The van der Waals surface area contributed by atoms with E-state index in [1.807, 2.05) is 18.2 Å². The summed E-state index contributed by atoms with van der Waals surface area (Å²) in [4.78, 5) is 12.1. The molecule has 1 aliphatic heterocycles. The van der Waals surface area contributed by atoms with Gasteiger partial charge in [-0.3, -0.25) is 0 Å². The van der Waals surface area contributed by atoms with Gasteiger partial charge in [0.15, 0.2) is 0 Å². The first-order valence-corrected chi connectivity index (χ1v) is 8.73. The van der Waals surface area contributed by atoms with Crippen molar-refractivity contribution in [1.82, 2.24) is 10.6 Å². The number of nitrogens with one attached hydrogen (secondary N) is 2. The van der Waals surface area contributed by atoms with E-state index in [-0.39, 0.29) is 30.6 Å². The number of benzene rings is 2. The van der Waals surface area contributed by atoms with Crippen LogP contribution in [-0.2, 0) is 6.42 Å². The Bertz CT molecular complexity index is 765. The monoisotopic (exact) mass is 410 g/mol. The molecule has 25 heavy (non-hydrogen) atoms. The zero-order valence-electron chi connectivity index (χ0n) is 13.3. The highest BCUT2D eigenvalue weighted by Crippen LogP contribution is 2.33. The second-order valence-electron chi connectivity index (χ2n) is 5.72. The predicted molar refractivity (Wildman–Crippen MR) is 93.6 cm³/mol. The van der Waals surface area contributed by atoms with Crippen molar-refractivity contribution in [2.24, 2.45) is 0 Å². The summed E-state index contributed by atoms with van der Waals surface area (Å²) >= 11 is 3.41. The SMILES string of the molecule is O=C(NCCc1c(F)cccc1F)NC1CCOc2ccc(Br)cc21. The Morgan fingerprint density at radius 1 is 1.24 bits per heavy atom. The Balaban J connectivity index is 1.56. The molecule has 0 radical (unpaired) electrons. The van der Waals surface area contributed by atoms with Gasteiger partial charge in [-0.1, -0.05) is 22.0 Å². The topological polar surface area (TPSA) is 50.4 Å². The standard InChI is InChI=1S/C18H17BrF2N2O2/c19-11-4-5-17-13(10-11)16(7-9-25-17)23-18(24)22-8-6-12-14(20)2-1-3-15(12)21/h1-5,10,16H,6-9H2,(H2,22,23,24). The van der Waals surface area contributed by atoms with Gasteiger partial charge in [0.05, 0.1) is 12.6 Å². The van der Waals surface area contributed by atoms with Crippen LogP contribution < -0.4 is 15.4 Å². The van der Waals surface area contributed by atoms with E-state index in [1.54, 1.807) is 0 Å². The first-order valence-electron chi connectivity index (χ1n) is 7.94. The Morgan fingerprint density at radius 3 is 2.76 bits per heavy atom. The molecule has 0 spiro atoms. The van der Waals surface area contributed by atoms with Crippen molar-refractivity contribution in [2.75, 3.05) is 13.2 Å². The molecule has 132 valence electrons. The highest BCUT2D eigenvalue weighted by Gasteiger charge is 2.23. The van der Waals surface area contributed by atoms with Gasteiger partial charge in [-0.15, -0.1) is 0 Å².